The maximum atomic E-state index is 12.7. The van der Waals surface area contributed by atoms with E-state index in [1.165, 1.54) is 4.68 Å². The number of ether oxygens (including phenoxy) is 2. The van der Waals surface area contributed by atoms with Crippen molar-refractivity contribution in [3.8, 4) is 11.8 Å². The molecular weight excluding hydrogens is 404 g/mol. The molecule has 0 radical (unpaired) electrons. The van der Waals surface area contributed by atoms with Crippen molar-refractivity contribution in [2.24, 2.45) is 0 Å². The summed E-state index contributed by atoms with van der Waals surface area (Å²) in [6.45, 7) is 5.54. The molecule has 0 spiro atoms. The van der Waals surface area contributed by atoms with Crippen LogP contribution in [-0.2, 0) is 11.2 Å². The summed E-state index contributed by atoms with van der Waals surface area (Å²) in [5, 5.41) is 14.7. The molecule has 32 heavy (non-hydrogen) atoms. The minimum Gasteiger partial charge on any atom is -0.484 e. The van der Waals surface area contributed by atoms with Gasteiger partial charge in [-0.25, -0.2) is 4.79 Å². The fourth-order valence-corrected chi connectivity index (χ4v) is 4.26. The van der Waals surface area contributed by atoms with Crippen molar-refractivity contribution < 1.29 is 14.3 Å². The first-order valence-corrected chi connectivity index (χ1v) is 11.1. The Morgan fingerprint density at radius 3 is 2.72 bits per heavy atom. The minimum atomic E-state index is -0.592. The molecular formula is C25H26N4O3. The van der Waals surface area contributed by atoms with Gasteiger partial charge in [-0.3, -0.25) is 4.98 Å². The van der Waals surface area contributed by atoms with Crippen molar-refractivity contribution in [1.29, 1.82) is 5.26 Å². The van der Waals surface area contributed by atoms with Gasteiger partial charge in [-0.1, -0.05) is 0 Å². The van der Waals surface area contributed by atoms with E-state index in [1.807, 2.05) is 45.0 Å². The Balaban J connectivity index is 1.48. The molecule has 7 heteroatoms. The molecule has 164 valence electrons. The zero-order chi connectivity index (χ0) is 22.5. The number of rotatable bonds is 3. The second kappa shape index (κ2) is 7.63. The molecule has 0 saturated heterocycles. The van der Waals surface area contributed by atoms with E-state index in [4.69, 9.17) is 14.7 Å². The molecule has 1 aromatic carbocycles. The smallest absolute Gasteiger partial charge is 0.435 e. The van der Waals surface area contributed by atoms with Gasteiger partial charge in [-0.2, -0.15) is 15.0 Å². The summed E-state index contributed by atoms with van der Waals surface area (Å²) in [7, 11) is 0. The molecule has 5 rings (SSSR count). The molecule has 1 unspecified atom stereocenters. The van der Waals surface area contributed by atoms with Gasteiger partial charge >= 0.3 is 6.09 Å². The third-order valence-corrected chi connectivity index (χ3v) is 5.84. The molecule has 2 aliphatic rings. The van der Waals surface area contributed by atoms with Crippen molar-refractivity contribution in [3.05, 3.63) is 53.0 Å². The van der Waals surface area contributed by atoms with E-state index in [-0.39, 0.29) is 6.10 Å². The molecule has 2 aromatic heterocycles. The number of aryl methyl sites for hydroxylation is 1. The monoisotopic (exact) mass is 430 g/mol. The number of nitriles is 1. The maximum Gasteiger partial charge on any atom is 0.435 e. The third kappa shape index (κ3) is 3.93. The summed E-state index contributed by atoms with van der Waals surface area (Å²) in [5.41, 5.74) is 3.63. The molecule has 1 fully saturated rings. The maximum absolute atomic E-state index is 12.7. The Bertz CT molecular complexity index is 1240. The highest BCUT2D eigenvalue weighted by Gasteiger charge is 2.32. The number of benzene rings is 1. The quantitative estimate of drug-likeness (QED) is 0.551. The van der Waals surface area contributed by atoms with E-state index in [0.29, 0.717) is 11.5 Å². The van der Waals surface area contributed by atoms with Crippen LogP contribution in [0.15, 0.2) is 30.5 Å². The van der Waals surface area contributed by atoms with Crippen LogP contribution in [0.1, 0.15) is 81.0 Å². The number of aromatic nitrogens is 3. The molecule has 0 amide bonds. The molecule has 3 aromatic rings. The van der Waals surface area contributed by atoms with Gasteiger partial charge in [0.25, 0.3) is 0 Å². The Labute approximate surface area is 187 Å². The predicted octanol–water partition coefficient (Wildman–Crippen LogP) is 5.42. The largest absolute Gasteiger partial charge is 0.484 e. The lowest BCUT2D eigenvalue weighted by Gasteiger charge is -2.25. The van der Waals surface area contributed by atoms with E-state index in [9.17, 15) is 4.79 Å². The first kappa shape index (κ1) is 20.5. The average molecular weight is 431 g/mol. The molecule has 2 heterocycles. The number of fused-ring (bicyclic) bond motifs is 2. The lowest BCUT2D eigenvalue weighted by Crippen LogP contribution is -2.27. The van der Waals surface area contributed by atoms with E-state index in [1.54, 1.807) is 6.20 Å². The zero-order valence-corrected chi connectivity index (χ0v) is 18.6. The lowest BCUT2D eigenvalue weighted by atomic mass is 9.93. The van der Waals surface area contributed by atoms with Gasteiger partial charge in [0.2, 0.25) is 0 Å². The second-order valence-electron chi connectivity index (χ2n) is 9.61. The van der Waals surface area contributed by atoms with Crippen molar-refractivity contribution >= 4 is 17.0 Å². The van der Waals surface area contributed by atoms with Crippen LogP contribution >= 0.6 is 0 Å². The van der Waals surface area contributed by atoms with Gasteiger partial charge in [-0.15, -0.1) is 0 Å². The van der Waals surface area contributed by atoms with Gasteiger partial charge in [0.1, 0.15) is 23.5 Å². The van der Waals surface area contributed by atoms with Crippen molar-refractivity contribution in [2.45, 2.75) is 70.5 Å². The summed E-state index contributed by atoms with van der Waals surface area (Å²) >= 11 is 0. The van der Waals surface area contributed by atoms with E-state index < -0.39 is 11.7 Å². The van der Waals surface area contributed by atoms with Crippen molar-refractivity contribution in [1.82, 2.24) is 14.8 Å². The summed E-state index contributed by atoms with van der Waals surface area (Å²) in [4.78, 5) is 17.3. The second-order valence-corrected chi connectivity index (χ2v) is 9.61. The number of nitrogens with zero attached hydrogens (tertiary/aromatic N) is 4. The van der Waals surface area contributed by atoms with Crippen LogP contribution in [-0.4, -0.2) is 26.5 Å². The van der Waals surface area contributed by atoms with Crippen LogP contribution in [0.4, 0.5) is 4.79 Å². The number of hydrogen-bond acceptors (Lipinski definition) is 6. The molecule has 0 aliphatic heterocycles. The Morgan fingerprint density at radius 2 is 2.00 bits per heavy atom. The summed E-state index contributed by atoms with van der Waals surface area (Å²) in [6.07, 6.45) is 5.90. The zero-order valence-electron chi connectivity index (χ0n) is 18.6. The standard InChI is InChI=1S/C25H26N4O3/c1-25(2,3)32-24(30)29-20-10-9-18(12-19(20)22(28-29)16-7-8-16)31-21-6-4-5-17-11-15(13-26)14-27-23(17)21/h9-12,14,16,21H,4-8H2,1-3H3. The Morgan fingerprint density at radius 1 is 1.19 bits per heavy atom. The fraction of sp³-hybridized carbons (Fsp3) is 0.440. The van der Waals surface area contributed by atoms with Gasteiger partial charge in [0.05, 0.1) is 22.5 Å². The van der Waals surface area contributed by atoms with E-state index >= 15 is 0 Å². The first-order valence-electron chi connectivity index (χ1n) is 11.1. The van der Waals surface area contributed by atoms with Crippen LogP contribution in [0.2, 0.25) is 0 Å². The topological polar surface area (TPSA) is 90.0 Å². The van der Waals surface area contributed by atoms with Crippen LogP contribution in [0, 0.1) is 11.3 Å². The van der Waals surface area contributed by atoms with Crippen LogP contribution in [0.3, 0.4) is 0 Å². The van der Waals surface area contributed by atoms with Crippen molar-refractivity contribution in [3.63, 3.8) is 0 Å². The molecule has 7 nitrogen and oxygen atoms in total. The minimum absolute atomic E-state index is 0.158. The first-order chi connectivity index (χ1) is 15.3. The van der Waals surface area contributed by atoms with Crippen LogP contribution in [0.25, 0.3) is 10.9 Å². The van der Waals surface area contributed by atoms with Gasteiger partial charge < -0.3 is 9.47 Å². The lowest BCUT2D eigenvalue weighted by molar-refractivity contribution is 0.0522. The number of carbonyl (C=O) groups is 1. The summed E-state index contributed by atoms with van der Waals surface area (Å²) in [6, 6.07) is 9.81. The van der Waals surface area contributed by atoms with Crippen molar-refractivity contribution in [2.75, 3.05) is 0 Å². The average Bonchev–Trinajstić information content (AvgIpc) is 3.52. The SMILES string of the molecule is CC(C)(C)OC(=O)n1nc(C2CC2)c2cc(OC3CCCc4cc(C#N)cnc43)ccc21. The van der Waals surface area contributed by atoms with E-state index in [0.717, 1.165) is 65.7 Å². The Kier molecular flexibility index (Phi) is 4.89. The highest BCUT2D eigenvalue weighted by atomic mass is 16.6. The number of carbonyl (C=O) groups excluding carboxylic acids is 1. The third-order valence-electron chi connectivity index (χ3n) is 5.84. The van der Waals surface area contributed by atoms with Crippen LogP contribution < -0.4 is 4.74 Å². The normalized spacial score (nSPS) is 18.1. The number of pyridine rings is 1. The van der Waals surface area contributed by atoms with Crippen LogP contribution in [0.5, 0.6) is 5.75 Å². The fourth-order valence-electron chi connectivity index (χ4n) is 4.26. The molecule has 0 bridgehead atoms. The highest BCUT2D eigenvalue weighted by molar-refractivity contribution is 5.91. The molecule has 0 N–H and O–H groups in total. The summed E-state index contributed by atoms with van der Waals surface area (Å²) < 4.78 is 13.3. The van der Waals surface area contributed by atoms with Gasteiger partial charge in [0, 0.05) is 17.5 Å². The Hall–Kier alpha value is -3.40. The highest BCUT2D eigenvalue weighted by Crippen LogP contribution is 2.43. The molecule has 2 aliphatic carbocycles. The van der Waals surface area contributed by atoms with Gasteiger partial charge in [0.15, 0.2) is 0 Å². The summed E-state index contributed by atoms with van der Waals surface area (Å²) in [5.74, 6) is 1.10. The van der Waals surface area contributed by atoms with E-state index in [2.05, 4.69) is 16.2 Å². The van der Waals surface area contributed by atoms with Gasteiger partial charge in [-0.05, 0) is 82.7 Å². The predicted molar refractivity (Wildman–Crippen MR) is 119 cm³/mol. The number of hydrogen-bond donors (Lipinski definition) is 0. The molecule has 1 atom stereocenters. The molecule has 1 saturated carbocycles.